The molecule has 2 rings (SSSR count). The van der Waals surface area contributed by atoms with Gasteiger partial charge in [0.15, 0.2) is 0 Å². The molecule has 5 nitrogen and oxygen atoms in total. The van der Waals surface area contributed by atoms with Crippen molar-refractivity contribution in [3.05, 3.63) is 28.6 Å². The molecule has 0 aromatic carbocycles. The molecule has 0 atom stereocenters. The van der Waals surface area contributed by atoms with Gasteiger partial charge in [-0.05, 0) is 19.1 Å². The maximum atomic E-state index is 11.4. The summed E-state index contributed by atoms with van der Waals surface area (Å²) in [5.74, 6) is 0.0207. The van der Waals surface area contributed by atoms with Gasteiger partial charge in [-0.25, -0.2) is 5.43 Å². The fourth-order valence-electron chi connectivity index (χ4n) is 1.32. The number of nitrogens with one attached hydrogen (secondary N) is 2. The summed E-state index contributed by atoms with van der Waals surface area (Å²) in [6.45, 7) is 2.28. The molecule has 1 aliphatic heterocycles. The molecule has 1 amide bonds. The smallest absolute Gasteiger partial charge is 0.277 e. The number of halogens is 1. The molecule has 1 aromatic rings. The molecule has 1 aromatic heterocycles. The standard InChI is InChI=1S/C10H10ClN3O2/c1-2-16-10-8(9(15)13-14-10)4-7-3-6(11)5-12-7/h3-5,12H,2H2,1H3,(H,13,15). The Bertz CT molecular complexity index is 476. The minimum atomic E-state index is -0.283. The number of hydrazone groups is 1. The van der Waals surface area contributed by atoms with E-state index in [9.17, 15) is 4.79 Å². The number of aromatic amines is 1. The molecule has 2 heterocycles. The summed E-state index contributed by atoms with van der Waals surface area (Å²) >= 11 is 5.76. The predicted molar refractivity (Wildman–Crippen MR) is 61.0 cm³/mol. The first-order valence-electron chi connectivity index (χ1n) is 4.77. The van der Waals surface area contributed by atoms with Crippen molar-refractivity contribution in [3.8, 4) is 0 Å². The van der Waals surface area contributed by atoms with E-state index in [0.29, 0.717) is 23.1 Å². The largest absolute Gasteiger partial charge is 0.476 e. The topological polar surface area (TPSA) is 66.5 Å². The highest BCUT2D eigenvalue weighted by Crippen LogP contribution is 2.15. The van der Waals surface area contributed by atoms with Crippen LogP contribution in [0.3, 0.4) is 0 Å². The molecule has 6 heteroatoms. The Hall–Kier alpha value is -1.75. The zero-order valence-corrected chi connectivity index (χ0v) is 9.34. The maximum absolute atomic E-state index is 11.4. The van der Waals surface area contributed by atoms with Crippen LogP contribution in [0, 0.1) is 0 Å². The zero-order valence-electron chi connectivity index (χ0n) is 8.58. The van der Waals surface area contributed by atoms with Crippen molar-refractivity contribution in [3.63, 3.8) is 0 Å². The van der Waals surface area contributed by atoms with Crippen molar-refractivity contribution in [2.45, 2.75) is 6.92 Å². The second-order valence-electron chi connectivity index (χ2n) is 3.12. The number of aromatic nitrogens is 1. The second kappa shape index (κ2) is 4.40. The van der Waals surface area contributed by atoms with Gasteiger partial charge in [-0.1, -0.05) is 11.6 Å². The van der Waals surface area contributed by atoms with Crippen LogP contribution in [-0.2, 0) is 9.53 Å². The van der Waals surface area contributed by atoms with Gasteiger partial charge in [0.2, 0.25) is 5.90 Å². The highest BCUT2D eigenvalue weighted by molar-refractivity contribution is 6.30. The van der Waals surface area contributed by atoms with Crippen LogP contribution in [-0.4, -0.2) is 23.4 Å². The van der Waals surface area contributed by atoms with Crippen molar-refractivity contribution in [1.29, 1.82) is 0 Å². The molecule has 84 valence electrons. The van der Waals surface area contributed by atoms with E-state index in [1.807, 2.05) is 6.92 Å². The summed E-state index contributed by atoms with van der Waals surface area (Å²) in [7, 11) is 0. The van der Waals surface area contributed by atoms with Crippen LogP contribution < -0.4 is 5.43 Å². The number of hydrogen-bond acceptors (Lipinski definition) is 3. The lowest BCUT2D eigenvalue weighted by molar-refractivity contribution is -0.116. The average molecular weight is 240 g/mol. The van der Waals surface area contributed by atoms with E-state index in [1.54, 1.807) is 18.3 Å². The Morgan fingerprint density at radius 2 is 2.44 bits per heavy atom. The maximum Gasteiger partial charge on any atom is 0.277 e. The lowest BCUT2D eigenvalue weighted by Gasteiger charge is -2.00. The van der Waals surface area contributed by atoms with Crippen molar-refractivity contribution in [1.82, 2.24) is 10.4 Å². The Kier molecular flexibility index (Phi) is 2.96. The van der Waals surface area contributed by atoms with Gasteiger partial charge in [0.05, 0.1) is 11.6 Å². The van der Waals surface area contributed by atoms with Gasteiger partial charge < -0.3 is 9.72 Å². The zero-order chi connectivity index (χ0) is 11.5. The van der Waals surface area contributed by atoms with E-state index in [2.05, 4.69) is 15.5 Å². The number of hydrogen-bond donors (Lipinski definition) is 2. The van der Waals surface area contributed by atoms with Crippen LogP contribution in [0.2, 0.25) is 5.02 Å². The van der Waals surface area contributed by atoms with Crippen molar-refractivity contribution in [2.24, 2.45) is 5.10 Å². The molecule has 0 aliphatic carbocycles. The normalized spacial score (nSPS) is 17.5. The van der Waals surface area contributed by atoms with E-state index in [0.717, 1.165) is 5.69 Å². The third-order valence-electron chi connectivity index (χ3n) is 1.99. The van der Waals surface area contributed by atoms with Gasteiger partial charge in [0.1, 0.15) is 5.57 Å². The van der Waals surface area contributed by atoms with E-state index < -0.39 is 0 Å². The molecular formula is C10H10ClN3O2. The SMILES string of the molecule is CCOC1=NNC(=O)C1=Cc1cc(Cl)c[nH]1. The van der Waals surface area contributed by atoms with Crippen LogP contribution in [0.15, 0.2) is 22.9 Å². The van der Waals surface area contributed by atoms with Crippen LogP contribution in [0.25, 0.3) is 6.08 Å². The lowest BCUT2D eigenvalue weighted by atomic mass is 10.2. The van der Waals surface area contributed by atoms with Crippen LogP contribution in [0.5, 0.6) is 0 Å². The number of rotatable bonds is 2. The van der Waals surface area contributed by atoms with Gasteiger partial charge in [-0.15, -0.1) is 5.10 Å². The summed E-state index contributed by atoms with van der Waals surface area (Å²) in [5, 5.41) is 4.35. The molecule has 1 aliphatic rings. The van der Waals surface area contributed by atoms with Gasteiger partial charge in [0, 0.05) is 11.9 Å². The fraction of sp³-hybridized carbons (Fsp3) is 0.200. The fourth-order valence-corrected chi connectivity index (χ4v) is 1.49. The molecule has 2 N–H and O–H groups in total. The highest BCUT2D eigenvalue weighted by Gasteiger charge is 2.23. The van der Waals surface area contributed by atoms with Crippen LogP contribution >= 0.6 is 11.6 Å². The summed E-state index contributed by atoms with van der Waals surface area (Å²) < 4.78 is 5.22. The summed E-state index contributed by atoms with van der Waals surface area (Å²) in [4.78, 5) is 14.4. The Balaban J connectivity index is 2.27. The number of H-pyrrole nitrogens is 1. The van der Waals surface area contributed by atoms with Gasteiger partial charge in [-0.2, -0.15) is 0 Å². The molecule has 0 saturated heterocycles. The number of amides is 1. The molecule has 0 radical (unpaired) electrons. The van der Waals surface area contributed by atoms with E-state index in [-0.39, 0.29) is 5.91 Å². The van der Waals surface area contributed by atoms with Gasteiger partial charge >= 0.3 is 0 Å². The molecule has 0 spiro atoms. The predicted octanol–water partition coefficient (Wildman–Crippen LogP) is 1.53. The highest BCUT2D eigenvalue weighted by atomic mass is 35.5. The number of carbonyl (C=O) groups is 1. The van der Waals surface area contributed by atoms with E-state index >= 15 is 0 Å². The lowest BCUT2D eigenvalue weighted by Crippen LogP contribution is -2.14. The van der Waals surface area contributed by atoms with E-state index in [4.69, 9.17) is 16.3 Å². The van der Waals surface area contributed by atoms with Crippen molar-refractivity contribution < 1.29 is 9.53 Å². The second-order valence-corrected chi connectivity index (χ2v) is 3.56. The minimum absolute atomic E-state index is 0.283. The molecule has 0 unspecified atom stereocenters. The van der Waals surface area contributed by atoms with Crippen molar-refractivity contribution >= 4 is 29.5 Å². The first kappa shape index (κ1) is 10.8. The Labute approximate surface area is 97.1 Å². The third-order valence-corrected chi connectivity index (χ3v) is 2.20. The van der Waals surface area contributed by atoms with Crippen LogP contribution in [0.4, 0.5) is 0 Å². The average Bonchev–Trinajstić information content (AvgIpc) is 2.79. The summed E-state index contributed by atoms with van der Waals surface area (Å²) in [6, 6.07) is 1.71. The molecule has 0 bridgehead atoms. The van der Waals surface area contributed by atoms with Crippen molar-refractivity contribution in [2.75, 3.05) is 6.61 Å². The first-order valence-corrected chi connectivity index (χ1v) is 5.15. The summed E-state index contributed by atoms with van der Waals surface area (Å²) in [6.07, 6.45) is 3.28. The summed E-state index contributed by atoms with van der Waals surface area (Å²) in [5.41, 5.74) is 3.46. The third kappa shape index (κ3) is 2.09. The number of carbonyl (C=O) groups excluding carboxylic acids is 1. The molecule has 0 fully saturated rings. The van der Waals surface area contributed by atoms with Crippen LogP contribution in [0.1, 0.15) is 12.6 Å². The quantitative estimate of drug-likeness (QED) is 0.769. The Morgan fingerprint density at radius 3 is 3.06 bits per heavy atom. The van der Waals surface area contributed by atoms with Gasteiger partial charge in [-0.3, -0.25) is 4.79 Å². The number of ether oxygens (including phenoxy) is 1. The first-order chi connectivity index (χ1) is 7.70. The molecule has 16 heavy (non-hydrogen) atoms. The molecular weight excluding hydrogens is 230 g/mol. The van der Waals surface area contributed by atoms with Gasteiger partial charge in [0.25, 0.3) is 5.91 Å². The minimum Gasteiger partial charge on any atom is -0.476 e. The number of nitrogens with zero attached hydrogens (tertiary/aromatic N) is 1. The Morgan fingerprint density at radius 1 is 1.62 bits per heavy atom. The monoisotopic (exact) mass is 239 g/mol. The molecule has 0 saturated carbocycles. The van der Waals surface area contributed by atoms with E-state index in [1.165, 1.54) is 0 Å².